The lowest BCUT2D eigenvalue weighted by Gasteiger charge is -2.06. The van der Waals surface area contributed by atoms with Gasteiger partial charge in [-0.2, -0.15) is 0 Å². The van der Waals surface area contributed by atoms with Crippen molar-refractivity contribution in [1.29, 1.82) is 0 Å². The average Bonchev–Trinajstić information content (AvgIpc) is 2.58. The molecular weight excluding hydrogens is 238 g/mol. The number of aromatic nitrogens is 1. The third kappa shape index (κ3) is 2.63. The van der Waals surface area contributed by atoms with Crippen LogP contribution in [0.4, 0.5) is 0 Å². The van der Waals surface area contributed by atoms with Crippen molar-refractivity contribution in [2.45, 2.75) is 27.7 Å². The van der Waals surface area contributed by atoms with E-state index in [0.29, 0.717) is 0 Å². The van der Waals surface area contributed by atoms with Crippen LogP contribution in [-0.2, 0) is 0 Å². The van der Waals surface area contributed by atoms with Crippen molar-refractivity contribution in [3.05, 3.63) is 44.9 Å². The zero-order valence-corrected chi connectivity index (χ0v) is 11.7. The molecule has 0 spiro atoms. The summed E-state index contributed by atoms with van der Waals surface area (Å²) in [5, 5.41) is 1.82. The topological polar surface area (TPSA) is 12.9 Å². The number of nitrogens with zero attached hydrogens (tertiary/aromatic N) is 1. The Morgan fingerprint density at radius 2 is 2.06 bits per heavy atom. The molecule has 3 heteroatoms. The molecule has 0 aliphatic rings. The van der Waals surface area contributed by atoms with E-state index in [1.807, 2.05) is 33.8 Å². The minimum Gasteiger partial charge on any atom is -0.246 e. The van der Waals surface area contributed by atoms with E-state index in [1.165, 1.54) is 0 Å². The van der Waals surface area contributed by atoms with Crippen LogP contribution in [0.2, 0.25) is 0 Å². The molecule has 1 rings (SSSR count). The summed E-state index contributed by atoms with van der Waals surface area (Å²) in [6, 6.07) is 0. The monoisotopic (exact) mass is 253 g/mol. The molecule has 0 aliphatic carbocycles. The van der Waals surface area contributed by atoms with Gasteiger partial charge in [0.05, 0.1) is 20.6 Å². The molecule has 1 nitrogen and oxygen atoms in total. The molecule has 1 aromatic heterocycles. The minimum atomic E-state index is 0.754. The summed E-state index contributed by atoms with van der Waals surface area (Å²) in [5.41, 5.74) is 3.06. The largest absolute Gasteiger partial charge is 0.246 e. The summed E-state index contributed by atoms with van der Waals surface area (Å²) in [6.45, 7) is 11.7. The second-order valence-electron chi connectivity index (χ2n) is 3.55. The first-order valence-corrected chi connectivity index (χ1v) is 6.30. The molecule has 0 N–H and O–H groups in total. The lowest BCUT2D eigenvalue weighted by molar-refractivity contribution is 1.19. The van der Waals surface area contributed by atoms with Gasteiger partial charge in [0, 0.05) is 5.57 Å². The standard InChI is InChI=1S/C13H16ClNS/c1-6-8(3)12(14)11(7-2)13-9(4)15-10(5)16-13/h6-7H,1H2,2-5H3/b11-7+,12-8+. The Hall–Kier alpha value is -0.860. The van der Waals surface area contributed by atoms with Gasteiger partial charge in [0.15, 0.2) is 0 Å². The SMILES string of the molecule is C=C/C(C)=C(Cl)\C(=C/C)c1sc(C)nc1C. The van der Waals surface area contributed by atoms with Crippen molar-refractivity contribution in [3.63, 3.8) is 0 Å². The molecule has 0 bridgehead atoms. The highest BCUT2D eigenvalue weighted by atomic mass is 35.5. The van der Waals surface area contributed by atoms with Crippen LogP contribution >= 0.6 is 22.9 Å². The van der Waals surface area contributed by atoms with Gasteiger partial charge in [0.2, 0.25) is 0 Å². The predicted octanol–water partition coefficient (Wildman–Crippen LogP) is 4.86. The zero-order chi connectivity index (χ0) is 12.3. The molecule has 86 valence electrons. The van der Waals surface area contributed by atoms with Crippen LogP contribution < -0.4 is 0 Å². The molecule has 0 radical (unpaired) electrons. The van der Waals surface area contributed by atoms with Crippen molar-refractivity contribution < 1.29 is 0 Å². The molecule has 0 saturated carbocycles. The third-order valence-electron chi connectivity index (χ3n) is 2.33. The Labute approximate surface area is 106 Å². The maximum Gasteiger partial charge on any atom is 0.0903 e. The Bertz CT molecular complexity index is 466. The molecule has 0 saturated heterocycles. The van der Waals surface area contributed by atoms with Gasteiger partial charge in [-0.25, -0.2) is 4.98 Å². The number of thiazole rings is 1. The smallest absolute Gasteiger partial charge is 0.0903 e. The summed E-state index contributed by atoms with van der Waals surface area (Å²) in [4.78, 5) is 5.56. The fourth-order valence-corrected chi connectivity index (χ4v) is 2.78. The molecule has 0 atom stereocenters. The van der Waals surface area contributed by atoms with Crippen molar-refractivity contribution in [1.82, 2.24) is 4.98 Å². The molecule has 0 unspecified atom stereocenters. The third-order valence-corrected chi connectivity index (χ3v) is 3.93. The molecule has 1 heterocycles. The number of allylic oxidation sites excluding steroid dienone is 5. The first kappa shape index (κ1) is 13.2. The molecular formula is C13H16ClNS. The Kier molecular flexibility index (Phi) is 4.51. The highest BCUT2D eigenvalue weighted by Gasteiger charge is 2.13. The lowest BCUT2D eigenvalue weighted by Crippen LogP contribution is -1.87. The van der Waals surface area contributed by atoms with E-state index in [1.54, 1.807) is 17.4 Å². The van der Waals surface area contributed by atoms with Gasteiger partial charge in [-0.05, 0) is 33.3 Å². The van der Waals surface area contributed by atoms with Gasteiger partial charge < -0.3 is 0 Å². The quantitative estimate of drug-likeness (QED) is 0.701. The molecule has 1 aromatic rings. The van der Waals surface area contributed by atoms with Crippen molar-refractivity contribution in [2.24, 2.45) is 0 Å². The van der Waals surface area contributed by atoms with E-state index in [0.717, 1.165) is 31.8 Å². The molecule has 0 amide bonds. The van der Waals surface area contributed by atoms with Gasteiger partial charge in [-0.15, -0.1) is 11.3 Å². The van der Waals surface area contributed by atoms with Crippen LogP contribution in [0.5, 0.6) is 0 Å². The summed E-state index contributed by atoms with van der Waals surface area (Å²) in [5.74, 6) is 0. The highest BCUT2D eigenvalue weighted by molar-refractivity contribution is 7.13. The van der Waals surface area contributed by atoms with Gasteiger partial charge in [-0.1, -0.05) is 30.3 Å². The second-order valence-corrected chi connectivity index (χ2v) is 5.13. The number of rotatable bonds is 3. The number of halogens is 1. The predicted molar refractivity (Wildman–Crippen MR) is 74.0 cm³/mol. The van der Waals surface area contributed by atoms with E-state index < -0.39 is 0 Å². The number of hydrogen-bond acceptors (Lipinski definition) is 2. The molecule has 16 heavy (non-hydrogen) atoms. The van der Waals surface area contributed by atoms with E-state index in [4.69, 9.17) is 11.6 Å². The number of hydrogen-bond donors (Lipinski definition) is 0. The first-order valence-electron chi connectivity index (χ1n) is 5.11. The fourth-order valence-electron chi connectivity index (χ4n) is 1.44. The summed E-state index contributed by atoms with van der Waals surface area (Å²) >= 11 is 8.00. The van der Waals surface area contributed by atoms with Crippen LogP contribution in [0.15, 0.2) is 29.3 Å². The maximum atomic E-state index is 6.33. The van der Waals surface area contributed by atoms with E-state index in [-0.39, 0.29) is 0 Å². The van der Waals surface area contributed by atoms with Crippen LogP contribution in [0, 0.1) is 13.8 Å². The van der Waals surface area contributed by atoms with E-state index in [2.05, 4.69) is 11.6 Å². The van der Waals surface area contributed by atoms with Crippen molar-refractivity contribution in [2.75, 3.05) is 0 Å². The summed E-state index contributed by atoms with van der Waals surface area (Å²) in [6.07, 6.45) is 3.80. The fraction of sp³-hybridized carbons (Fsp3) is 0.308. The molecule has 0 aromatic carbocycles. The van der Waals surface area contributed by atoms with Gasteiger partial charge in [0.1, 0.15) is 0 Å². The van der Waals surface area contributed by atoms with Crippen molar-refractivity contribution >= 4 is 28.5 Å². The van der Waals surface area contributed by atoms with E-state index >= 15 is 0 Å². The zero-order valence-electron chi connectivity index (χ0n) is 10.1. The highest BCUT2D eigenvalue weighted by Crippen LogP contribution is 2.34. The van der Waals surface area contributed by atoms with Crippen LogP contribution in [-0.4, -0.2) is 4.98 Å². The van der Waals surface area contributed by atoms with Crippen LogP contribution in [0.3, 0.4) is 0 Å². The number of aryl methyl sites for hydroxylation is 2. The van der Waals surface area contributed by atoms with Gasteiger partial charge in [0.25, 0.3) is 0 Å². The summed E-state index contributed by atoms with van der Waals surface area (Å²) in [7, 11) is 0. The van der Waals surface area contributed by atoms with Crippen molar-refractivity contribution in [3.8, 4) is 0 Å². The lowest BCUT2D eigenvalue weighted by atomic mass is 10.1. The second kappa shape index (κ2) is 5.46. The van der Waals surface area contributed by atoms with Gasteiger partial charge >= 0.3 is 0 Å². The maximum absolute atomic E-state index is 6.33. The van der Waals surface area contributed by atoms with Gasteiger partial charge in [-0.3, -0.25) is 0 Å². The molecule has 0 aliphatic heterocycles. The van der Waals surface area contributed by atoms with Crippen LogP contribution in [0.25, 0.3) is 5.57 Å². The first-order chi connectivity index (χ1) is 7.51. The van der Waals surface area contributed by atoms with E-state index in [9.17, 15) is 0 Å². The Balaban J connectivity index is 3.30. The normalized spacial score (nSPS) is 13.7. The van der Waals surface area contributed by atoms with Crippen LogP contribution in [0.1, 0.15) is 29.4 Å². The summed E-state index contributed by atoms with van der Waals surface area (Å²) < 4.78 is 0. The Morgan fingerprint density at radius 1 is 1.44 bits per heavy atom. The molecule has 0 fully saturated rings. The average molecular weight is 254 g/mol. The Morgan fingerprint density at radius 3 is 2.44 bits per heavy atom. The minimum absolute atomic E-state index is 0.754.